The van der Waals surface area contributed by atoms with E-state index in [2.05, 4.69) is 12.6 Å². The molecule has 1 aromatic carbocycles. The quantitative estimate of drug-likeness (QED) is 0.432. The summed E-state index contributed by atoms with van der Waals surface area (Å²) in [4.78, 5) is 52.0. The first-order valence-electron chi connectivity index (χ1n) is 9.65. The van der Waals surface area contributed by atoms with E-state index in [1.807, 2.05) is 0 Å². The molecule has 2 atom stereocenters. The Morgan fingerprint density at radius 3 is 2.30 bits per heavy atom. The minimum absolute atomic E-state index is 0.0187. The number of thiol groups is 1. The van der Waals surface area contributed by atoms with E-state index < -0.39 is 17.1 Å². The molecule has 0 saturated carbocycles. The Morgan fingerprint density at radius 2 is 1.73 bits per heavy atom. The Kier molecular flexibility index (Phi) is 6.80. The van der Waals surface area contributed by atoms with Crippen molar-refractivity contribution < 1.29 is 24.0 Å². The fraction of sp³-hybridized carbons (Fsp3) is 0.526. The number of hydrogen-bond acceptors (Lipinski definition) is 7. The fourth-order valence-electron chi connectivity index (χ4n) is 3.64. The van der Waals surface area contributed by atoms with E-state index in [9.17, 15) is 24.5 Å². The third-order valence-corrected chi connectivity index (χ3v) is 5.72. The number of carbonyl (C=O) groups excluding carboxylic acids is 3. The van der Waals surface area contributed by atoms with Crippen molar-refractivity contribution in [3.05, 3.63) is 39.9 Å². The molecule has 11 heteroatoms. The summed E-state index contributed by atoms with van der Waals surface area (Å²) in [5, 5.41) is 10.6. The molecular weight excluding hydrogens is 412 g/mol. The van der Waals surface area contributed by atoms with Crippen LogP contribution in [0, 0.1) is 10.1 Å². The molecule has 1 aromatic rings. The summed E-state index contributed by atoms with van der Waals surface area (Å²) in [5.41, 5.74) is 0.567. The number of nitro benzene ring substituents is 1. The van der Waals surface area contributed by atoms with E-state index in [1.54, 1.807) is 9.80 Å². The van der Waals surface area contributed by atoms with Crippen LogP contribution < -0.4 is 0 Å². The lowest BCUT2D eigenvalue weighted by Crippen LogP contribution is -2.55. The van der Waals surface area contributed by atoms with Crippen LogP contribution in [0.2, 0.25) is 0 Å². The predicted octanol–water partition coefficient (Wildman–Crippen LogP) is 1.29. The first kappa shape index (κ1) is 21.9. The average Bonchev–Trinajstić information content (AvgIpc) is 3.13. The number of carbonyl (C=O) groups is 3. The zero-order valence-corrected chi connectivity index (χ0v) is 17.5. The maximum Gasteiger partial charge on any atom is 0.410 e. The van der Waals surface area contributed by atoms with E-state index in [0.29, 0.717) is 44.7 Å². The van der Waals surface area contributed by atoms with E-state index in [1.165, 1.54) is 36.1 Å². The molecule has 0 N–H and O–H groups in total. The highest BCUT2D eigenvalue weighted by molar-refractivity contribution is 7.81. The molecule has 2 aliphatic heterocycles. The number of nitro groups is 1. The van der Waals surface area contributed by atoms with Gasteiger partial charge in [-0.3, -0.25) is 24.6 Å². The van der Waals surface area contributed by atoms with Crippen LogP contribution in [-0.2, 0) is 20.9 Å². The third kappa shape index (κ3) is 5.02. The zero-order chi connectivity index (χ0) is 21.8. The Balaban J connectivity index is 1.58. The van der Waals surface area contributed by atoms with Crippen LogP contribution in [0.4, 0.5) is 10.5 Å². The van der Waals surface area contributed by atoms with Crippen molar-refractivity contribution in [1.29, 1.82) is 0 Å². The van der Waals surface area contributed by atoms with Gasteiger partial charge in [-0.2, -0.15) is 12.6 Å². The molecule has 0 radical (unpaired) electrons. The van der Waals surface area contributed by atoms with E-state index in [0.717, 1.165) is 0 Å². The smallest absolute Gasteiger partial charge is 0.410 e. The van der Waals surface area contributed by atoms with Gasteiger partial charge < -0.3 is 14.5 Å². The van der Waals surface area contributed by atoms with Gasteiger partial charge in [0.2, 0.25) is 11.8 Å². The van der Waals surface area contributed by atoms with Crippen LogP contribution in [-0.4, -0.2) is 81.5 Å². The first-order chi connectivity index (χ1) is 14.3. The summed E-state index contributed by atoms with van der Waals surface area (Å²) in [6.07, 6.45) is -0.188. The van der Waals surface area contributed by atoms with Crippen LogP contribution in [0.1, 0.15) is 18.9 Å². The largest absolute Gasteiger partial charge is 0.445 e. The lowest BCUT2D eigenvalue weighted by molar-refractivity contribution is -0.384. The van der Waals surface area contributed by atoms with Gasteiger partial charge >= 0.3 is 6.09 Å². The minimum Gasteiger partial charge on any atom is -0.445 e. The molecule has 2 heterocycles. The van der Waals surface area contributed by atoms with Gasteiger partial charge in [-0.15, -0.1) is 0 Å². The summed E-state index contributed by atoms with van der Waals surface area (Å²) in [6.45, 7) is 3.55. The van der Waals surface area contributed by atoms with Crippen LogP contribution in [0.25, 0.3) is 0 Å². The summed E-state index contributed by atoms with van der Waals surface area (Å²) >= 11 is 4.44. The van der Waals surface area contributed by atoms with Crippen LogP contribution in [0.3, 0.4) is 0 Å². The Hall–Kier alpha value is -2.82. The number of rotatable bonds is 4. The van der Waals surface area contributed by atoms with Gasteiger partial charge in [0.05, 0.1) is 4.92 Å². The molecule has 0 aliphatic carbocycles. The van der Waals surface area contributed by atoms with Gasteiger partial charge in [0, 0.05) is 57.0 Å². The molecule has 0 aromatic heterocycles. The van der Waals surface area contributed by atoms with Crippen molar-refractivity contribution in [2.24, 2.45) is 0 Å². The van der Waals surface area contributed by atoms with Crippen molar-refractivity contribution in [3.8, 4) is 0 Å². The Morgan fingerprint density at radius 1 is 1.13 bits per heavy atom. The van der Waals surface area contributed by atoms with E-state index in [4.69, 9.17) is 4.74 Å². The molecule has 2 saturated heterocycles. The summed E-state index contributed by atoms with van der Waals surface area (Å²) in [7, 11) is 0. The second-order valence-electron chi connectivity index (χ2n) is 7.37. The molecule has 2 aliphatic rings. The molecule has 3 amide bonds. The molecule has 3 rings (SSSR count). The lowest BCUT2D eigenvalue weighted by atomic mass is 10.1. The predicted molar refractivity (Wildman–Crippen MR) is 110 cm³/mol. The number of nitrogens with zero attached hydrogens (tertiary/aromatic N) is 4. The SMILES string of the molecule is CC(=O)N1CCN(C(=O)[C@@H]2C[C@H](S)CN2C(=O)OCc2ccc([N+](=O)[O-])cc2)CC1. The first-order valence-corrected chi connectivity index (χ1v) is 10.2. The number of hydrogen-bond donors (Lipinski definition) is 1. The number of piperazine rings is 1. The summed E-state index contributed by atoms with van der Waals surface area (Å²) < 4.78 is 5.34. The van der Waals surface area contributed by atoms with Crippen molar-refractivity contribution in [3.63, 3.8) is 0 Å². The maximum absolute atomic E-state index is 13.0. The van der Waals surface area contributed by atoms with Crippen molar-refractivity contribution in [2.75, 3.05) is 32.7 Å². The second-order valence-corrected chi connectivity index (χ2v) is 8.10. The van der Waals surface area contributed by atoms with Gasteiger partial charge in [-0.1, -0.05) is 0 Å². The third-order valence-electron chi connectivity index (χ3n) is 5.34. The minimum atomic E-state index is -0.652. The number of ether oxygens (including phenoxy) is 1. The molecule has 162 valence electrons. The van der Waals surface area contributed by atoms with Crippen molar-refractivity contribution in [2.45, 2.75) is 31.2 Å². The number of benzene rings is 1. The Bertz CT molecular complexity index is 825. The summed E-state index contributed by atoms with van der Waals surface area (Å²) in [5.74, 6) is -0.183. The topological polar surface area (TPSA) is 113 Å². The number of likely N-dealkylation sites (tertiary alicyclic amines) is 1. The van der Waals surface area contributed by atoms with E-state index in [-0.39, 0.29) is 29.4 Å². The van der Waals surface area contributed by atoms with Crippen LogP contribution in [0.5, 0.6) is 0 Å². The van der Waals surface area contributed by atoms with Gasteiger partial charge in [0.25, 0.3) is 5.69 Å². The van der Waals surface area contributed by atoms with Gasteiger partial charge in [-0.25, -0.2) is 4.79 Å². The van der Waals surface area contributed by atoms with Gasteiger partial charge in [0.1, 0.15) is 12.6 Å². The fourth-order valence-corrected chi connectivity index (χ4v) is 4.02. The Labute approximate surface area is 179 Å². The molecule has 0 unspecified atom stereocenters. The second kappa shape index (κ2) is 9.33. The highest BCUT2D eigenvalue weighted by atomic mass is 32.1. The standard InChI is InChI=1S/C19H24N4O6S/c1-13(24)20-6-8-21(9-7-20)18(25)17-10-16(30)11-22(17)19(26)29-12-14-2-4-15(5-3-14)23(27)28/h2-5,16-17,30H,6-12H2,1H3/t16-,17-/m0/s1. The molecule has 0 spiro atoms. The molecule has 30 heavy (non-hydrogen) atoms. The molecule has 0 bridgehead atoms. The maximum atomic E-state index is 13.0. The molecule has 2 fully saturated rings. The number of non-ortho nitro benzene ring substituents is 1. The van der Waals surface area contributed by atoms with Gasteiger partial charge in [-0.05, 0) is 24.1 Å². The van der Waals surface area contributed by atoms with Crippen molar-refractivity contribution in [1.82, 2.24) is 14.7 Å². The van der Waals surface area contributed by atoms with Gasteiger partial charge in [0.15, 0.2) is 0 Å². The zero-order valence-electron chi connectivity index (χ0n) is 16.6. The number of amides is 3. The highest BCUT2D eigenvalue weighted by Gasteiger charge is 2.41. The van der Waals surface area contributed by atoms with Crippen LogP contribution in [0.15, 0.2) is 24.3 Å². The normalized spacial score (nSPS) is 21.5. The lowest BCUT2D eigenvalue weighted by Gasteiger charge is -2.36. The van der Waals surface area contributed by atoms with Crippen LogP contribution >= 0.6 is 12.6 Å². The monoisotopic (exact) mass is 436 g/mol. The summed E-state index contributed by atoms with van der Waals surface area (Å²) in [6, 6.07) is 5.08. The molecular formula is C19H24N4O6S. The highest BCUT2D eigenvalue weighted by Crippen LogP contribution is 2.25. The van der Waals surface area contributed by atoms with Crippen molar-refractivity contribution >= 4 is 36.2 Å². The average molecular weight is 436 g/mol. The van der Waals surface area contributed by atoms with E-state index >= 15 is 0 Å². The molecule has 10 nitrogen and oxygen atoms in total.